The maximum atomic E-state index is 13.3. The smallest absolute Gasteiger partial charge is 0.336 e. The molecule has 2 amide bonds. The van der Waals surface area contributed by atoms with E-state index < -0.39 is 17.8 Å². The van der Waals surface area contributed by atoms with Crippen molar-refractivity contribution >= 4 is 29.3 Å². The van der Waals surface area contributed by atoms with E-state index in [4.69, 9.17) is 20.6 Å². The van der Waals surface area contributed by atoms with Crippen molar-refractivity contribution in [2.75, 3.05) is 26.1 Å². The molecule has 1 heterocycles. The number of benzene rings is 2. The van der Waals surface area contributed by atoms with Crippen LogP contribution < -0.4 is 21.1 Å². The molecule has 0 spiro atoms. The Morgan fingerprint density at radius 1 is 0.975 bits per heavy atom. The fourth-order valence-corrected chi connectivity index (χ4v) is 3.88. The van der Waals surface area contributed by atoms with E-state index in [1.807, 2.05) is 20.8 Å². The number of rotatable bonds is 10. The second-order valence-electron chi connectivity index (χ2n) is 10.1. The van der Waals surface area contributed by atoms with E-state index in [0.29, 0.717) is 11.3 Å². The number of aromatic carboxylic acids is 1. The number of pyridine rings is 1. The first-order valence-corrected chi connectivity index (χ1v) is 12.3. The van der Waals surface area contributed by atoms with E-state index in [2.05, 4.69) is 15.6 Å². The van der Waals surface area contributed by atoms with Gasteiger partial charge >= 0.3 is 5.97 Å². The molecule has 0 unspecified atom stereocenters. The van der Waals surface area contributed by atoms with Crippen molar-refractivity contribution in [3.63, 3.8) is 0 Å². The van der Waals surface area contributed by atoms with Gasteiger partial charge in [-0.05, 0) is 53.4 Å². The van der Waals surface area contributed by atoms with Crippen molar-refractivity contribution in [1.29, 1.82) is 5.41 Å². The maximum absolute atomic E-state index is 13.3. The highest BCUT2D eigenvalue weighted by Gasteiger charge is 2.28. The Morgan fingerprint density at radius 3 is 2.15 bits per heavy atom. The molecule has 40 heavy (non-hydrogen) atoms. The van der Waals surface area contributed by atoms with E-state index in [-0.39, 0.29) is 57.7 Å². The van der Waals surface area contributed by atoms with E-state index in [0.717, 1.165) is 0 Å². The first kappa shape index (κ1) is 29.8. The van der Waals surface area contributed by atoms with E-state index in [9.17, 15) is 19.5 Å². The highest BCUT2D eigenvalue weighted by Crippen LogP contribution is 2.30. The molecule has 0 aliphatic rings. The van der Waals surface area contributed by atoms with Crippen LogP contribution in [-0.2, 0) is 4.74 Å². The SMILES string of the molecule is COC[C@@H](NC(=O)c1ccc(-c2ccc(OC)nc2C(=O)Nc2ccc(C(=N)N)cc2)c(C(=O)O)c1)C(C)(C)C. The number of ether oxygens (including phenoxy) is 2. The number of hydrogen-bond donors (Lipinski definition) is 5. The second-order valence-corrected chi connectivity index (χ2v) is 10.1. The number of anilines is 1. The number of nitrogen functional groups attached to an aromatic ring is 1. The van der Waals surface area contributed by atoms with Gasteiger partial charge < -0.3 is 30.9 Å². The molecule has 0 saturated heterocycles. The topological polar surface area (TPSA) is 177 Å². The zero-order chi connectivity index (χ0) is 29.6. The van der Waals surface area contributed by atoms with Gasteiger partial charge in [0.15, 0.2) is 0 Å². The molecule has 6 N–H and O–H groups in total. The highest BCUT2D eigenvalue weighted by molar-refractivity contribution is 6.10. The van der Waals surface area contributed by atoms with Gasteiger partial charge in [0.05, 0.1) is 25.3 Å². The van der Waals surface area contributed by atoms with Gasteiger partial charge in [0.1, 0.15) is 11.5 Å². The molecule has 0 bridgehead atoms. The number of nitrogens with zero attached hydrogens (tertiary/aromatic N) is 1. The number of carboxylic acid groups (broad SMARTS) is 1. The van der Waals surface area contributed by atoms with Crippen LogP contribution >= 0.6 is 0 Å². The number of carbonyl (C=O) groups is 3. The van der Waals surface area contributed by atoms with Gasteiger partial charge in [0, 0.05) is 35.6 Å². The second kappa shape index (κ2) is 12.4. The Bertz CT molecular complexity index is 1430. The van der Waals surface area contributed by atoms with Crippen LogP contribution in [0.4, 0.5) is 5.69 Å². The summed E-state index contributed by atoms with van der Waals surface area (Å²) in [6.45, 7) is 6.17. The van der Waals surface area contributed by atoms with Crippen LogP contribution in [-0.4, -0.2) is 60.6 Å². The molecule has 0 fully saturated rings. The number of methoxy groups -OCH3 is 2. The molecule has 210 valence electrons. The van der Waals surface area contributed by atoms with E-state index in [1.54, 1.807) is 31.4 Å². The predicted molar refractivity (Wildman–Crippen MR) is 151 cm³/mol. The largest absolute Gasteiger partial charge is 0.481 e. The summed E-state index contributed by atoms with van der Waals surface area (Å²) in [5.74, 6) is -2.31. The number of carbonyl (C=O) groups excluding carboxylic acids is 2. The lowest BCUT2D eigenvalue weighted by molar-refractivity contribution is 0.0697. The Labute approximate surface area is 232 Å². The Balaban J connectivity index is 2.01. The van der Waals surface area contributed by atoms with Gasteiger partial charge in [-0.1, -0.05) is 26.8 Å². The minimum absolute atomic E-state index is 0.0809. The number of amidine groups is 1. The molecule has 0 aliphatic carbocycles. The van der Waals surface area contributed by atoms with Crippen molar-refractivity contribution in [1.82, 2.24) is 10.3 Å². The number of carboxylic acids is 1. The van der Waals surface area contributed by atoms with Gasteiger partial charge in [-0.2, -0.15) is 0 Å². The lowest BCUT2D eigenvalue weighted by Crippen LogP contribution is -2.46. The van der Waals surface area contributed by atoms with E-state index >= 15 is 0 Å². The Hall–Kier alpha value is -4.77. The van der Waals surface area contributed by atoms with Crippen LogP contribution in [0.15, 0.2) is 54.6 Å². The molecule has 0 saturated carbocycles. The zero-order valence-electron chi connectivity index (χ0n) is 23.0. The third kappa shape index (κ3) is 7.00. The quantitative estimate of drug-likeness (QED) is 0.188. The summed E-state index contributed by atoms with van der Waals surface area (Å²) in [6.07, 6.45) is 0. The van der Waals surface area contributed by atoms with Crippen LogP contribution in [0.1, 0.15) is 57.5 Å². The predicted octanol–water partition coefficient (Wildman–Crippen LogP) is 3.78. The monoisotopic (exact) mass is 547 g/mol. The fourth-order valence-electron chi connectivity index (χ4n) is 3.88. The van der Waals surface area contributed by atoms with E-state index in [1.165, 1.54) is 37.4 Å². The molecule has 0 radical (unpaired) electrons. The van der Waals surface area contributed by atoms with Crippen LogP contribution in [0.2, 0.25) is 0 Å². The normalized spacial score (nSPS) is 11.8. The average Bonchev–Trinajstić information content (AvgIpc) is 2.91. The summed E-state index contributed by atoms with van der Waals surface area (Å²) < 4.78 is 10.4. The minimum Gasteiger partial charge on any atom is -0.481 e. The van der Waals surface area contributed by atoms with Gasteiger partial charge in [-0.3, -0.25) is 15.0 Å². The summed E-state index contributed by atoms with van der Waals surface area (Å²) in [5.41, 5.74) is 6.40. The van der Waals surface area contributed by atoms with Crippen molar-refractivity contribution < 1.29 is 29.0 Å². The molecule has 11 heteroatoms. The van der Waals surface area contributed by atoms with Gasteiger partial charge in [-0.25, -0.2) is 9.78 Å². The highest BCUT2D eigenvalue weighted by atomic mass is 16.5. The molecule has 1 aromatic heterocycles. The van der Waals surface area contributed by atoms with Gasteiger partial charge in [0.2, 0.25) is 5.88 Å². The number of nitrogens with two attached hydrogens (primary N) is 1. The van der Waals surface area contributed by atoms with Gasteiger partial charge in [-0.15, -0.1) is 0 Å². The lowest BCUT2D eigenvalue weighted by Gasteiger charge is -2.31. The van der Waals surface area contributed by atoms with Gasteiger partial charge in [0.25, 0.3) is 11.8 Å². The van der Waals surface area contributed by atoms with Crippen molar-refractivity contribution in [2.24, 2.45) is 11.1 Å². The summed E-state index contributed by atoms with van der Waals surface area (Å²) >= 11 is 0. The molecule has 2 aromatic carbocycles. The summed E-state index contributed by atoms with van der Waals surface area (Å²) in [7, 11) is 2.94. The Morgan fingerprint density at radius 2 is 1.60 bits per heavy atom. The standard InChI is InChI=1S/C29H33N5O6/c1-29(2,3)22(15-39-4)33-26(35)17-8-11-19(21(14-17)28(37)38)20-12-13-23(40-5)34-24(20)27(36)32-18-9-6-16(7-10-18)25(30)31/h6-14,22H,15H2,1-5H3,(H3,30,31)(H,32,36)(H,33,35)(H,37,38)/t22-/m1/s1. The summed E-state index contributed by atoms with van der Waals surface area (Å²) in [5, 5.41) is 23.2. The molecular formula is C29H33N5O6. The van der Waals surface area contributed by atoms with Crippen LogP contribution in [0.25, 0.3) is 11.1 Å². The molecule has 3 rings (SSSR count). The third-order valence-electron chi connectivity index (χ3n) is 6.23. The third-order valence-corrected chi connectivity index (χ3v) is 6.23. The zero-order valence-corrected chi connectivity index (χ0v) is 23.0. The average molecular weight is 548 g/mol. The number of aromatic nitrogens is 1. The van der Waals surface area contributed by atoms with Crippen molar-refractivity contribution in [3.05, 3.63) is 77.0 Å². The Kier molecular flexibility index (Phi) is 9.23. The maximum Gasteiger partial charge on any atom is 0.336 e. The van der Waals surface area contributed by atoms with Crippen LogP contribution in [0.3, 0.4) is 0 Å². The molecule has 11 nitrogen and oxygen atoms in total. The number of amides is 2. The van der Waals surface area contributed by atoms with Crippen LogP contribution in [0.5, 0.6) is 5.88 Å². The molecular weight excluding hydrogens is 514 g/mol. The summed E-state index contributed by atoms with van der Waals surface area (Å²) in [6, 6.07) is 13.3. The van der Waals surface area contributed by atoms with Crippen molar-refractivity contribution in [3.8, 4) is 17.0 Å². The first-order valence-electron chi connectivity index (χ1n) is 12.3. The molecule has 0 aliphatic heterocycles. The van der Waals surface area contributed by atoms with Crippen molar-refractivity contribution in [2.45, 2.75) is 26.8 Å². The first-order chi connectivity index (χ1) is 18.8. The fraction of sp³-hybridized carbons (Fsp3) is 0.276. The number of hydrogen-bond acceptors (Lipinski definition) is 7. The van der Waals surface area contributed by atoms with Crippen LogP contribution in [0, 0.1) is 10.8 Å². The lowest BCUT2D eigenvalue weighted by atomic mass is 9.87. The number of nitrogens with one attached hydrogen (secondary N) is 3. The molecule has 3 aromatic rings. The molecule has 1 atom stereocenters. The minimum atomic E-state index is -1.28. The summed E-state index contributed by atoms with van der Waals surface area (Å²) in [4.78, 5) is 43.0.